The summed E-state index contributed by atoms with van der Waals surface area (Å²) in [5.74, 6) is -0.990. The number of anilines is 1. The van der Waals surface area contributed by atoms with Crippen molar-refractivity contribution in [2.45, 2.75) is 38.5 Å². The van der Waals surface area contributed by atoms with E-state index in [9.17, 15) is 23.6 Å². The summed E-state index contributed by atoms with van der Waals surface area (Å²) in [6.07, 6.45) is 3.28. The van der Waals surface area contributed by atoms with Gasteiger partial charge in [0.25, 0.3) is 0 Å². The van der Waals surface area contributed by atoms with Gasteiger partial charge in [0.2, 0.25) is 11.8 Å². The molecule has 6 nitrogen and oxygen atoms in total. The smallest absolute Gasteiger partial charge is 0.229 e. The molecule has 1 aliphatic carbocycles. The molecule has 4 rings (SSSR count). The summed E-state index contributed by atoms with van der Waals surface area (Å²) in [5.41, 5.74) is 1.63. The fraction of sp³-hybridized carbons (Fsp3) is 0.500. The van der Waals surface area contributed by atoms with E-state index >= 15 is 0 Å². The molecule has 2 atom stereocenters. The number of hydrogen-bond acceptors (Lipinski definition) is 5. The molecule has 2 unspecified atom stereocenters. The van der Waals surface area contributed by atoms with Gasteiger partial charge in [-0.2, -0.15) is 0 Å². The fourth-order valence-corrected chi connectivity index (χ4v) is 4.24. The number of carbonyl (C=O) groups excluding carboxylic acids is 4. The molecule has 0 aromatic heterocycles. The number of imide groups is 1. The van der Waals surface area contributed by atoms with Gasteiger partial charge in [0.1, 0.15) is 5.82 Å². The van der Waals surface area contributed by atoms with Crippen molar-refractivity contribution in [3.8, 4) is 0 Å². The highest BCUT2D eigenvalue weighted by atomic mass is 19.1. The molecule has 0 saturated carbocycles. The van der Waals surface area contributed by atoms with Crippen molar-refractivity contribution in [3.05, 3.63) is 29.1 Å². The van der Waals surface area contributed by atoms with E-state index in [0.717, 1.165) is 5.56 Å². The van der Waals surface area contributed by atoms with Gasteiger partial charge in [-0.25, -0.2) is 4.39 Å². The van der Waals surface area contributed by atoms with Gasteiger partial charge in [0.15, 0.2) is 11.6 Å². The number of amides is 2. The minimum Gasteiger partial charge on any atom is -0.354 e. The molecule has 0 radical (unpaired) electrons. The predicted molar refractivity (Wildman–Crippen MR) is 94.9 cm³/mol. The maximum absolute atomic E-state index is 14.3. The van der Waals surface area contributed by atoms with E-state index in [4.69, 9.17) is 0 Å². The predicted octanol–water partition coefficient (Wildman–Crippen LogP) is 1.79. The highest BCUT2D eigenvalue weighted by Gasteiger charge is 2.32. The topological polar surface area (TPSA) is 83.6 Å². The van der Waals surface area contributed by atoms with Crippen molar-refractivity contribution >= 4 is 29.1 Å². The van der Waals surface area contributed by atoms with E-state index in [2.05, 4.69) is 5.32 Å². The second-order valence-electron chi connectivity index (χ2n) is 7.78. The Hall–Kier alpha value is -2.57. The maximum atomic E-state index is 14.3. The van der Waals surface area contributed by atoms with Crippen molar-refractivity contribution < 1.29 is 23.6 Å². The average molecular weight is 372 g/mol. The van der Waals surface area contributed by atoms with Crippen LogP contribution in [0.4, 0.5) is 10.1 Å². The van der Waals surface area contributed by atoms with Crippen LogP contribution in [0.2, 0.25) is 0 Å². The molecule has 2 heterocycles. The van der Waals surface area contributed by atoms with Gasteiger partial charge in [-0.05, 0) is 49.3 Å². The van der Waals surface area contributed by atoms with Crippen LogP contribution < -0.4 is 10.2 Å². The largest absolute Gasteiger partial charge is 0.354 e. The lowest BCUT2D eigenvalue weighted by molar-refractivity contribution is -0.136. The van der Waals surface area contributed by atoms with Crippen LogP contribution in [0.25, 0.3) is 0 Å². The first-order valence-corrected chi connectivity index (χ1v) is 9.36. The number of nitrogens with one attached hydrogen (secondary N) is 1. The van der Waals surface area contributed by atoms with Gasteiger partial charge in [0, 0.05) is 24.3 Å². The first-order valence-electron chi connectivity index (χ1n) is 9.36. The molecule has 27 heavy (non-hydrogen) atoms. The minimum atomic E-state index is -0.461. The van der Waals surface area contributed by atoms with Crippen molar-refractivity contribution in [3.63, 3.8) is 0 Å². The van der Waals surface area contributed by atoms with Crippen LogP contribution >= 0.6 is 0 Å². The third-order valence-electron chi connectivity index (χ3n) is 5.81. The number of piperidine rings is 1. The molecule has 0 bridgehead atoms. The molecule has 3 aliphatic rings. The number of ketones is 2. The Labute approximate surface area is 156 Å². The highest BCUT2D eigenvalue weighted by Crippen LogP contribution is 2.35. The summed E-state index contributed by atoms with van der Waals surface area (Å²) in [5, 5.41) is 2.36. The second kappa shape index (κ2) is 6.87. The van der Waals surface area contributed by atoms with Crippen LogP contribution in [0.5, 0.6) is 0 Å². The molecule has 2 amide bonds. The quantitative estimate of drug-likeness (QED) is 0.815. The Morgan fingerprint density at radius 3 is 2.56 bits per heavy atom. The SMILES string of the molecule is O=C1CN(c2cc3c(cc2F)C(=O)CC(CCC2CCC(=O)NC2=O)C3)C1. The Morgan fingerprint density at radius 2 is 1.85 bits per heavy atom. The van der Waals surface area contributed by atoms with E-state index < -0.39 is 5.82 Å². The van der Waals surface area contributed by atoms with Crippen LogP contribution in [0, 0.1) is 17.7 Å². The standard InChI is InChI=1S/C20H21FN2O4/c21-16-8-15-13(7-17(16)23-9-14(24)10-23)5-11(6-18(15)25)1-2-12-3-4-19(26)22-20(12)27/h7-8,11-12H,1-6,9-10H2,(H,22,26,27). The van der Waals surface area contributed by atoms with Crippen LogP contribution in [0.1, 0.15) is 48.0 Å². The second-order valence-corrected chi connectivity index (χ2v) is 7.78. The van der Waals surface area contributed by atoms with Gasteiger partial charge in [-0.1, -0.05) is 0 Å². The molecule has 1 aromatic carbocycles. The van der Waals surface area contributed by atoms with Crippen molar-refractivity contribution in [1.29, 1.82) is 0 Å². The number of fused-ring (bicyclic) bond motifs is 1. The fourth-order valence-electron chi connectivity index (χ4n) is 4.24. The first-order chi connectivity index (χ1) is 12.9. The zero-order valence-electron chi connectivity index (χ0n) is 14.9. The van der Waals surface area contributed by atoms with Crippen molar-refractivity contribution in [2.24, 2.45) is 11.8 Å². The van der Waals surface area contributed by atoms with Gasteiger partial charge in [-0.15, -0.1) is 0 Å². The van der Waals surface area contributed by atoms with Gasteiger partial charge in [0.05, 0.1) is 18.8 Å². The van der Waals surface area contributed by atoms with Crippen LogP contribution in [-0.2, 0) is 20.8 Å². The lowest BCUT2D eigenvalue weighted by Crippen LogP contribution is -2.47. The lowest BCUT2D eigenvalue weighted by Gasteiger charge is -2.33. The summed E-state index contributed by atoms with van der Waals surface area (Å²) < 4.78 is 14.3. The Morgan fingerprint density at radius 1 is 1.07 bits per heavy atom. The highest BCUT2D eigenvalue weighted by molar-refractivity contribution is 6.00. The summed E-state index contributed by atoms with van der Waals surface area (Å²) in [4.78, 5) is 48.5. The van der Waals surface area contributed by atoms with Crippen molar-refractivity contribution in [2.75, 3.05) is 18.0 Å². The molecular weight excluding hydrogens is 351 g/mol. The summed E-state index contributed by atoms with van der Waals surface area (Å²) in [7, 11) is 0. The van der Waals surface area contributed by atoms with Gasteiger partial charge < -0.3 is 4.90 Å². The van der Waals surface area contributed by atoms with Crippen molar-refractivity contribution in [1.82, 2.24) is 5.32 Å². The van der Waals surface area contributed by atoms with Gasteiger partial charge >= 0.3 is 0 Å². The molecule has 142 valence electrons. The lowest BCUT2D eigenvalue weighted by atomic mass is 9.78. The summed E-state index contributed by atoms with van der Waals surface area (Å²) in [6.45, 7) is 0.422. The maximum Gasteiger partial charge on any atom is 0.229 e. The Bertz CT molecular complexity index is 843. The molecule has 1 aromatic rings. The number of carbonyl (C=O) groups is 4. The molecule has 1 N–H and O–H groups in total. The molecule has 7 heteroatoms. The van der Waals surface area contributed by atoms with Crippen LogP contribution in [-0.4, -0.2) is 36.5 Å². The molecule has 2 aliphatic heterocycles. The van der Waals surface area contributed by atoms with Crippen LogP contribution in [0.15, 0.2) is 12.1 Å². The van der Waals surface area contributed by atoms with E-state index in [1.54, 1.807) is 11.0 Å². The number of halogens is 1. The number of nitrogens with zero attached hydrogens (tertiary/aromatic N) is 1. The van der Waals surface area contributed by atoms with Gasteiger partial charge in [-0.3, -0.25) is 24.5 Å². The third kappa shape index (κ3) is 3.50. The molecule has 2 fully saturated rings. The van der Waals surface area contributed by atoms with E-state index in [1.165, 1.54) is 6.07 Å². The number of hydrogen-bond donors (Lipinski definition) is 1. The van der Waals surface area contributed by atoms with E-state index in [0.29, 0.717) is 49.8 Å². The van der Waals surface area contributed by atoms with E-state index in [1.807, 2.05) is 0 Å². The molecular formula is C20H21FN2O4. The molecule has 2 saturated heterocycles. The normalized spacial score (nSPS) is 25.1. The van der Waals surface area contributed by atoms with Crippen LogP contribution in [0.3, 0.4) is 0 Å². The Balaban J connectivity index is 1.44. The summed E-state index contributed by atoms with van der Waals surface area (Å²) in [6, 6.07) is 3.00. The minimum absolute atomic E-state index is 0.0744. The number of rotatable bonds is 4. The summed E-state index contributed by atoms with van der Waals surface area (Å²) >= 11 is 0. The Kier molecular flexibility index (Phi) is 4.53. The third-order valence-corrected chi connectivity index (χ3v) is 5.81. The first kappa shape index (κ1) is 17.8. The number of benzene rings is 1. The average Bonchev–Trinajstić information content (AvgIpc) is 2.59. The zero-order valence-corrected chi connectivity index (χ0v) is 14.9. The van der Waals surface area contributed by atoms with E-state index in [-0.39, 0.29) is 48.3 Å². The monoisotopic (exact) mass is 372 g/mol. The number of Topliss-reactive ketones (excluding diaryl/α,β-unsaturated/α-hetero) is 2. The zero-order chi connectivity index (χ0) is 19.1. The molecule has 0 spiro atoms.